The van der Waals surface area contributed by atoms with Gasteiger partial charge in [0.1, 0.15) is 5.75 Å². The molecule has 0 amide bonds. The van der Waals surface area contributed by atoms with Crippen molar-refractivity contribution in [2.75, 3.05) is 25.0 Å². The molecule has 0 aliphatic heterocycles. The van der Waals surface area contributed by atoms with E-state index in [9.17, 15) is 8.42 Å². The molecule has 0 saturated heterocycles. The number of aromatic hydroxyl groups is 1. The third-order valence-electron chi connectivity index (χ3n) is 1.70. The van der Waals surface area contributed by atoms with E-state index in [0.29, 0.717) is 12.3 Å². The molecular formula is C9H14N2O4S. The Morgan fingerprint density at radius 1 is 1.44 bits per heavy atom. The third-order valence-corrected chi connectivity index (χ3v) is 2.79. The van der Waals surface area contributed by atoms with Gasteiger partial charge >= 0.3 is 0 Å². The molecule has 1 aromatic rings. The summed E-state index contributed by atoms with van der Waals surface area (Å²) < 4.78 is 32.1. The van der Waals surface area contributed by atoms with Crippen molar-refractivity contribution >= 4 is 15.9 Å². The highest BCUT2D eigenvalue weighted by Crippen LogP contribution is 2.15. The summed E-state index contributed by atoms with van der Waals surface area (Å²) in [6.45, 7) is 0.478. The van der Waals surface area contributed by atoms with Crippen LogP contribution in [0.2, 0.25) is 0 Å². The summed E-state index contributed by atoms with van der Waals surface area (Å²) in [5, 5.41) is 9.15. The van der Waals surface area contributed by atoms with Crippen LogP contribution in [0.1, 0.15) is 0 Å². The number of ether oxygens (including phenoxy) is 1. The molecule has 0 atom stereocenters. The Kier molecular flexibility index (Phi) is 4.53. The van der Waals surface area contributed by atoms with Crippen LogP contribution in [-0.4, -0.2) is 33.8 Å². The molecule has 0 radical (unpaired) electrons. The first-order valence-corrected chi connectivity index (χ1v) is 6.07. The Morgan fingerprint density at radius 3 is 2.81 bits per heavy atom. The van der Waals surface area contributed by atoms with Gasteiger partial charge in [-0.15, -0.1) is 0 Å². The van der Waals surface area contributed by atoms with E-state index in [2.05, 4.69) is 9.44 Å². The van der Waals surface area contributed by atoms with Crippen LogP contribution in [-0.2, 0) is 14.9 Å². The molecule has 7 heteroatoms. The predicted molar refractivity (Wildman–Crippen MR) is 60.5 cm³/mol. The van der Waals surface area contributed by atoms with Crippen LogP contribution in [0.4, 0.5) is 5.69 Å². The van der Waals surface area contributed by atoms with E-state index >= 15 is 0 Å². The van der Waals surface area contributed by atoms with Crippen LogP contribution < -0.4 is 9.44 Å². The third kappa shape index (κ3) is 4.47. The highest BCUT2D eigenvalue weighted by molar-refractivity contribution is 7.90. The second-order valence-electron chi connectivity index (χ2n) is 3.04. The van der Waals surface area contributed by atoms with Gasteiger partial charge in [0.2, 0.25) is 0 Å². The SMILES string of the molecule is COCCNS(=O)(=O)Nc1cccc(O)c1. The Morgan fingerprint density at radius 2 is 2.19 bits per heavy atom. The van der Waals surface area contributed by atoms with Gasteiger partial charge in [-0.25, -0.2) is 0 Å². The highest BCUT2D eigenvalue weighted by Gasteiger charge is 2.08. The molecule has 6 nitrogen and oxygen atoms in total. The summed E-state index contributed by atoms with van der Waals surface area (Å²) in [5.74, 6) is -0.00269. The maximum atomic E-state index is 11.4. The smallest absolute Gasteiger partial charge is 0.299 e. The topological polar surface area (TPSA) is 87.7 Å². The molecule has 0 spiro atoms. The lowest BCUT2D eigenvalue weighted by atomic mass is 10.3. The highest BCUT2D eigenvalue weighted by atomic mass is 32.2. The predicted octanol–water partition coefficient (Wildman–Crippen LogP) is 0.285. The summed E-state index contributed by atoms with van der Waals surface area (Å²) in [4.78, 5) is 0. The molecule has 1 rings (SSSR count). The molecule has 3 N–H and O–H groups in total. The molecule has 0 saturated carbocycles. The molecule has 90 valence electrons. The summed E-state index contributed by atoms with van der Waals surface area (Å²) >= 11 is 0. The van der Waals surface area contributed by atoms with Crippen LogP contribution in [0, 0.1) is 0 Å². The number of hydrogen-bond acceptors (Lipinski definition) is 4. The minimum atomic E-state index is -3.61. The number of nitrogens with one attached hydrogen (secondary N) is 2. The summed E-state index contributed by atoms with van der Waals surface area (Å²) in [6, 6.07) is 5.85. The standard InChI is InChI=1S/C9H14N2O4S/c1-15-6-5-10-16(13,14)11-8-3-2-4-9(12)7-8/h2-4,7,10-12H,5-6H2,1H3. The van der Waals surface area contributed by atoms with E-state index in [1.54, 1.807) is 6.07 Å². The van der Waals surface area contributed by atoms with Crippen LogP contribution in [0.25, 0.3) is 0 Å². The minimum absolute atomic E-state index is 0.00269. The van der Waals surface area contributed by atoms with Crippen molar-refractivity contribution in [3.63, 3.8) is 0 Å². The van der Waals surface area contributed by atoms with Gasteiger partial charge < -0.3 is 9.84 Å². The van der Waals surface area contributed by atoms with Gasteiger partial charge in [0.15, 0.2) is 0 Å². The lowest BCUT2D eigenvalue weighted by Crippen LogP contribution is -2.32. The number of methoxy groups -OCH3 is 1. The van der Waals surface area contributed by atoms with Gasteiger partial charge in [0, 0.05) is 19.7 Å². The van der Waals surface area contributed by atoms with Crippen molar-refractivity contribution in [1.29, 1.82) is 0 Å². The lowest BCUT2D eigenvalue weighted by molar-refractivity contribution is 0.204. The van der Waals surface area contributed by atoms with Gasteiger partial charge in [0.25, 0.3) is 10.2 Å². The molecule has 0 unspecified atom stereocenters. The van der Waals surface area contributed by atoms with E-state index < -0.39 is 10.2 Å². The van der Waals surface area contributed by atoms with E-state index in [1.807, 2.05) is 0 Å². The fourth-order valence-electron chi connectivity index (χ4n) is 1.04. The van der Waals surface area contributed by atoms with Crippen molar-refractivity contribution in [1.82, 2.24) is 4.72 Å². The molecule has 1 aromatic carbocycles. The zero-order chi connectivity index (χ0) is 12.0. The number of phenolic OH excluding ortho intramolecular Hbond substituents is 1. The molecule has 0 aliphatic carbocycles. The molecule has 0 heterocycles. The first kappa shape index (κ1) is 12.8. The first-order valence-electron chi connectivity index (χ1n) is 4.59. The summed E-state index contributed by atoms with van der Waals surface area (Å²) in [5.41, 5.74) is 0.296. The molecule has 0 bridgehead atoms. The van der Waals surface area contributed by atoms with Gasteiger partial charge in [-0.3, -0.25) is 4.72 Å². The van der Waals surface area contributed by atoms with E-state index in [-0.39, 0.29) is 12.3 Å². The average molecular weight is 246 g/mol. The van der Waals surface area contributed by atoms with Crippen LogP contribution in [0.3, 0.4) is 0 Å². The summed E-state index contributed by atoms with van der Waals surface area (Å²) in [6.07, 6.45) is 0. The number of anilines is 1. The van der Waals surface area contributed by atoms with E-state index in [4.69, 9.17) is 9.84 Å². The Bertz CT molecular complexity index is 433. The Labute approximate surface area is 94.4 Å². The fraction of sp³-hybridized carbons (Fsp3) is 0.333. The zero-order valence-electron chi connectivity index (χ0n) is 8.80. The lowest BCUT2D eigenvalue weighted by Gasteiger charge is -2.08. The van der Waals surface area contributed by atoms with E-state index in [1.165, 1.54) is 25.3 Å². The number of rotatable bonds is 6. The molecule has 0 aliphatic rings. The van der Waals surface area contributed by atoms with Crippen molar-refractivity contribution < 1.29 is 18.3 Å². The van der Waals surface area contributed by atoms with Crippen molar-refractivity contribution in [2.24, 2.45) is 0 Å². The van der Waals surface area contributed by atoms with Crippen molar-refractivity contribution in [2.45, 2.75) is 0 Å². The van der Waals surface area contributed by atoms with Gasteiger partial charge in [-0.05, 0) is 12.1 Å². The maximum absolute atomic E-state index is 11.4. The Hall–Kier alpha value is -1.31. The summed E-state index contributed by atoms with van der Waals surface area (Å²) in [7, 11) is -2.13. The molecule has 16 heavy (non-hydrogen) atoms. The normalized spacial score (nSPS) is 11.3. The zero-order valence-corrected chi connectivity index (χ0v) is 9.62. The van der Waals surface area contributed by atoms with Gasteiger partial charge in [-0.2, -0.15) is 13.1 Å². The quantitative estimate of drug-likeness (QED) is 0.629. The molecular weight excluding hydrogens is 232 g/mol. The molecule has 0 fully saturated rings. The fourth-order valence-corrected chi connectivity index (χ4v) is 1.90. The second kappa shape index (κ2) is 5.69. The van der Waals surface area contributed by atoms with Crippen molar-refractivity contribution in [3.05, 3.63) is 24.3 Å². The largest absolute Gasteiger partial charge is 0.508 e. The first-order chi connectivity index (χ1) is 7.53. The van der Waals surface area contributed by atoms with Crippen molar-refractivity contribution in [3.8, 4) is 5.75 Å². The van der Waals surface area contributed by atoms with E-state index in [0.717, 1.165) is 0 Å². The van der Waals surface area contributed by atoms with Gasteiger partial charge in [-0.1, -0.05) is 6.07 Å². The Balaban J connectivity index is 2.59. The average Bonchev–Trinajstić information content (AvgIpc) is 2.17. The van der Waals surface area contributed by atoms with Crippen LogP contribution in [0.5, 0.6) is 5.75 Å². The van der Waals surface area contributed by atoms with Gasteiger partial charge in [0.05, 0.1) is 12.3 Å². The minimum Gasteiger partial charge on any atom is -0.508 e. The van der Waals surface area contributed by atoms with Crippen LogP contribution in [0.15, 0.2) is 24.3 Å². The molecule has 0 aromatic heterocycles. The van der Waals surface area contributed by atoms with Crippen LogP contribution >= 0.6 is 0 Å². The monoisotopic (exact) mass is 246 g/mol. The number of benzene rings is 1. The number of hydrogen-bond donors (Lipinski definition) is 3. The maximum Gasteiger partial charge on any atom is 0.299 e. The second-order valence-corrected chi connectivity index (χ2v) is 4.54. The number of phenols is 1.